The number of benzene rings is 2. The summed E-state index contributed by atoms with van der Waals surface area (Å²) in [6.45, 7) is -0.00151. The molecule has 1 amide bonds. The Balaban J connectivity index is 1.94. The average Bonchev–Trinajstić information content (AvgIpc) is 2.64. The first-order valence-corrected chi connectivity index (χ1v) is 7.62. The van der Waals surface area contributed by atoms with E-state index < -0.39 is 23.2 Å². The monoisotopic (exact) mass is 355 g/mol. The van der Waals surface area contributed by atoms with Crippen LogP contribution in [-0.2, 0) is 12.7 Å². The van der Waals surface area contributed by atoms with Gasteiger partial charge in [-0.25, -0.2) is 0 Å². The largest absolute Gasteiger partial charge is 0.417 e. The van der Waals surface area contributed by atoms with Gasteiger partial charge in [-0.05, 0) is 23.8 Å². The first-order valence-electron chi connectivity index (χ1n) is 7.62. The van der Waals surface area contributed by atoms with Gasteiger partial charge in [-0.2, -0.15) is 18.4 Å². The van der Waals surface area contributed by atoms with E-state index in [0.29, 0.717) is 11.1 Å². The third-order valence-electron chi connectivity index (χ3n) is 3.81. The van der Waals surface area contributed by atoms with Crippen molar-refractivity contribution in [1.82, 2.24) is 10.3 Å². The third kappa shape index (κ3) is 3.49. The highest BCUT2D eigenvalue weighted by Crippen LogP contribution is 2.36. The van der Waals surface area contributed by atoms with E-state index in [1.54, 1.807) is 30.3 Å². The van der Waals surface area contributed by atoms with Crippen LogP contribution < -0.4 is 5.32 Å². The maximum atomic E-state index is 13.6. The molecular formula is C19H12F3N3O. The van der Waals surface area contributed by atoms with Crippen LogP contribution >= 0.6 is 0 Å². The van der Waals surface area contributed by atoms with Gasteiger partial charge >= 0.3 is 6.18 Å². The Kier molecular flexibility index (Phi) is 4.59. The fourth-order valence-corrected chi connectivity index (χ4v) is 2.65. The number of hydrogen-bond acceptors (Lipinski definition) is 3. The van der Waals surface area contributed by atoms with Crippen molar-refractivity contribution in [1.29, 1.82) is 5.26 Å². The molecule has 0 atom stereocenters. The first kappa shape index (κ1) is 17.4. The van der Waals surface area contributed by atoms with Crippen LogP contribution in [0.15, 0.2) is 54.7 Å². The smallest absolute Gasteiger partial charge is 0.348 e. The van der Waals surface area contributed by atoms with Gasteiger partial charge < -0.3 is 5.32 Å². The highest BCUT2D eigenvalue weighted by molar-refractivity contribution is 6.00. The second kappa shape index (κ2) is 6.84. The summed E-state index contributed by atoms with van der Waals surface area (Å²) >= 11 is 0. The summed E-state index contributed by atoms with van der Waals surface area (Å²) in [6, 6.07) is 14.2. The lowest BCUT2D eigenvalue weighted by Crippen LogP contribution is -2.26. The van der Waals surface area contributed by atoms with Crippen molar-refractivity contribution in [2.24, 2.45) is 0 Å². The van der Waals surface area contributed by atoms with Crippen molar-refractivity contribution in [3.8, 4) is 6.07 Å². The Labute approximate surface area is 146 Å². The van der Waals surface area contributed by atoms with Crippen molar-refractivity contribution in [3.05, 3.63) is 77.0 Å². The van der Waals surface area contributed by atoms with Crippen LogP contribution in [-0.4, -0.2) is 10.9 Å². The molecule has 3 aromatic rings. The van der Waals surface area contributed by atoms with Gasteiger partial charge in [0.05, 0.1) is 28.3 Å². The number of aromatic nitrogens is 1. The molecule has 130 valence electrons. The fourth-order valence-electron chi connectivity index (χ4n) is 2.65. The van der Waals surface area contributed by atoms with Crippen LogP contribution in [0.2, 0.25) is 0 Å². The van der Waals surface area contributed by atoms with Crippen LogP contribution in [0, 0.1) is 11.3 Å². The first-order chi connectivity index (χ1) is 12.4. The van der Waals surface area contributed by atoms with Crippen LogP contribution in [0.5, 0.6) is 0 Å². The Morgan fingerprint density at radius 1 is 1.15 bits per heavy atom. The number of pyridine rings is 1. The zero-order chi connectivity index (χ0) is 18.7. The minimum atomic E-state index is -4.70. The van der Waals surface area contributed by atoms with Gasteiger partial charge in [0.25, 0.3) is 5.91 Å². The Hall–Kier alpha value is -3.40. The molecule has 26 heavy (non-hydrogen) atoms. The molecule has 0 radical (unpaired) electrons. The molecule has 0 fully saturated rings. The summed E-state index contributed by atoms with van der Waals surface area (Å²) in [7, 11) is 0. The van der Waals surface area contributed by atoms with E-state index in [9.17, 15) is 18.0 Å². The maximum absolute atomic E-state index is 13.6. The van der Waals surface area contributed by atoms with E-state index in [1.807, 2.05) is 6.07 Å². The maximum Gasteiger partial charge on any atom is 0.417 e. The summed E-state index contributed by atoms with van der Waals surface area (Å²) in [5.41, 5.74) is -0.364. The molecule has 0 bridgehead atoms. The average molecular weight is 355 g/mol. The number of nitrogens with zero attached hydrogens (tertiary/aromatic N) is 2. The molecule has 7 heteroatoms. The highest BCUT2D eigenvalue weighted by Gasteiger charge is 2.37. The van der Waals surface area contributed by atoms with Crippen molar-refractivity contribution in [2.45, 2.75) is 12.7 Å². The van der Waals surface area contributed by atoms with Crippen LogP contribution in [0.1, 0.15) is 27.0 Å². The van der Waals surface area contributed by atoms with E-state index >= 15 is 0 Å². The molecule has 0 aliphatic heterocycles. The zero-order valence-electron chi connectivity index (χ0n) is 13.3. The molecule has 0 saturated heterocycles. The second-order valence-electron chi connectivity index (χ2n) is 5.56. The lowest BCUT2D eigenvalue weighted by Gasteiger charge is -2.15. The molecule has 0 spiro atoms. The Morgan fingerprint density at radius 2 is 1.92 bits per heavy atom. The lowest BCUT2D eigenvalue weighted by molar-refractivity contribution is -0.136. The van der Waals surface area contributed by atoms with E-state index in [4.69, 9.17) is 5.26 Å². The van der Waals surface area contributed by atoms with Crippen molar-refractivity contribution in [2.75, 3.05) is 0 Å². The van der Waals surface area contributed by atoms with Crippen molar-refractivity contribution in [3.63, 3.8) is 0 Å². The molecule has 1 heterocycles. The number of fused-ring (bicyclic) bond motifs is 1. The molecule has 3 rings (SSSR count). The number of nitrogens with one attached hydrogen (secondary N) is 1. The van der Waals surface area contributed by atoms with E-state index in [1.165, 1.54) is 18.2 Å². The molecule has 0 saturated carbocycles. The number of carbonyl (C=O) groups is 1. The van der Waals surface area contributed by atoms with Gasteiger partial charge in [0.2, 0.25) is 0 Å². The number of alkyl halides is 3. The van der Waals surface area contributed by atoms with E-state index in [-0.39, 0.29) is 17.4 Å². The quantitative estimate of drug-likeness (QED) is 0.771. The second-order valence-corrected chi connectivity index (χ2v) is 5.56. The molecule has 1 N–H and O–H groups in total. The number of hydrogen-bond donors (Lipinski definition) is 1. The third-order valence-corrected chi connectivity index (χ3v) is 3.81. The zero-order valence-corrected chi connectivity index (χ0v) is 13.3. The summed E-state index contributed by atoms with van der Waals surface area (Å²) in [5.74, 6) is -0.877. The SMILES string of the molecule is N#Cc1cccc(CNC(=O)c2cnc3ccccc3c2C(F)(F)F)c1. The minimum Gasteiger partial charge on any atom is -0.348 e. The van der Waals surface area contributed by atoms with Crippen molar-refractivity contribution < 1.29 is 18.0 Å². The summed E-state index contributed by atoms with van der Waals surface area (Å²) < 4.78 is 40.7. The Bertz CT molecular complexity index is 1020. The topological polar surface area (TPSA) is 65.8 Å². The predicted octanol–water partition coefficient (Wildman–Crippen LogP) is 4.06. The van der Waals surface area contributed by atoms with Gasteiger partial charge in [-0.3, -0.25) is 9.78 Å². The van der Waals surface area contributed by atoms with Crippen LogP contribution in [0.3, 0.4) is 0 Å². The lowest BCUT2D eigenvalue weighted by atomic mass is 10.0. The molecule has 0 unspecified atom stereocenters. The van der Waals surface area contributed by atoms with Gasteiger partial charge in [0, 0.05) is 18.1 Å². The van der Waals surface area contributed by atoms with Crippen LogP contribution in [0.4, 0.5) is 13.2 Å². The van der Waals surface area contributed by atoms with E-state index in [2.05, 4.69) is 10.3 Å². The normalized spacial score (nSPS) is 11.2. The molecule has 4 nitrogen and oxygen atoms in total. The number of rotatable bonds is 3. The number of para-hydroxylation sites is 1. The minimum absolute atomic E-state index is 0.00151. The number of halogens is 3. The van der Waals surface area contributed by atoms with Gasteiger partial charge in [-0.1, -0.05) is 30.3 Å². The molecule has 0 aliphatic carbocycles. The molecular weight excluding hydrogens is 343 g/mol. The highest BCUT2D eigenvalue weighted by atomic mass is 19.4. The summed E-state index contributed by atoms with van der Waals surface area (Å²) in [4.78, 5) is 16.3. The fraction of sp³-hybridized carbons (Fsp3) is 0.105. The van der Waals surface area contributed by atoms with Crippen molar-refractivity contribution >= 4 is 16.8 Å². The molecule has 2 aromatic carbocycles. The van der Waals surface area contributed by atoms with Gasteiger partial charge in [0.15, 0.2) is 0 Å². The number of carbonyl (C=O) groups excluding carboxylic acids is 1. The van der Waals surface area contributed by atoms with Crippen LogP contribution in [0.25, 0.3) is 10.9 Å². The van der Waals surface area contributed by atoms with Gasteiger partial charge in [0.1, 0.15) is 0 Å². The van der Waals surface area contributed by atoms with E-state index in [0.717, 1.165) is 6.20 Å². The molecule has 0 aliphatic rings. The predicted molar refractivity (Wildman–Crippen MR) is 89.1 cm³/mol. The standard InChI is InChI=1S/C19H12F3N3O/c20-19(21,22)17-14-6-1-2-7-16(14)24-11-15(17)18(26)25-10-13-5-3-4-12(8-13)9-23/h1-8,11H,10H2,(H,25,26). The Morgan fingerprint density at radius 3 is 2.65 bits per heavy atom. The number of nitriles is 1. The van der Waals surface area contributed by atoms with Gasteiger partial charge in [-0.15, -0.1) is 0 Å². The number of amides is 1. The molecule has 1 aromatic heterocycles. The summed E-state index contributed by atoms with van der Waals surface area (Å²) in [6.07, 6.45) is -3.76. The summed E-state index contributed by atoms with van der Waals surface area (Å²) in [5, 5.41) is 11.2.